The second-order valence-corrected chi connectivity index (χ2v) is 6.60. The summed E-state index contributed by atoms with van der Waals surface area (Å²) in [5.74, 6) is 1.89. The Balaban J connectivity index is 1.76. The van der Waals surface area contributed by atoms with Gasteiger partial charge in [-0.3, -0.25) is 4.79 Å². The van der Waals surface area contributed by atoms with E-state index in [4.69, 9.17) is 9.26 Å². The van der Waals surface area contributed by atoms with Gasteiger partial charge in [0, 0.05) is 29.3 Å². The third kappa shape index (κ3) is 4.05. The molecule has 0 aliphatic rings. The lowest BCUT2D eigenvalue weighted by molar-refractivity contribution is 0.102. The van der Waals surface area contributed by atoms with Crippen molar-refractivity contribution >= 4 is 23.4 Å². The second kappa shape index (κ2) is 8.05. The molecule has 7 heteroatoms. The first-order valence-electron chi connectivity index (χ1n) is 8.03. The quantitative estimate of drug-likeness (QED) is 0.655. The van der Waals surface area contributed by atoms with Crippen molar-refractivity contribution in [2.24, 2.45) is 0 Å². The molecular weight excluding hydrogens is 350 g/mol. The van der Waals surface area contributed by atoms with E-state index in [1.165, 1.54) is 11.8 Å². The number of amides is 1. The van der Waals surface area contributed by atoms with Crippen molar-refractivity contribution in [3.63, 3.8) is 0 Å². The Morgan fingerprint density at radius 2 is 2.12 bits per heavy atom. The van der Waals surface area contributed by atoms with Crippen LogP contribution in [0.15, 0.2) is 52.1 Å². The number of carbonyl (C=O) groups excluding carboxylic acids is 1. The molecule has 1 N–H and O–H groups in total. The summed E-state index contributed by atoms with van der Waals surface area (Å²) >= 11 is 1.48. The highest BCUT2D eigenvalue weighted by molar-refractivity contribution is 7.98. The van der Waals surface area contributed by atoms with Gasteiger partial charge in [-0.05, 0) is 38.1 Å². The van der Waals surface area contributed by atoms with E-state index in [2.05, 4.69) is 15.5 Å². The Bertz CT molecular complexity index is 904. The number of aryl methyl sites for hydroxylation is 2. The number of nitrogens with zero attached hydrogens (tertiary/aromatic N) is 2. The molecule has 0 radical (unpaired) electrons. The zero-order valence-corrected chi connectivity index (χ0v) is 15.6. The van der Waals surface area contributed by atoms with Crippen molar-refractivity contribution in [2.45, 2.75) is 24.6 Å². The number of ether oxygens (including phenoxy) is 1. The molecule has 0 atom stereocenters. The number of carbonyl (C=O) groups is 1. The highest BCUT2D eigenvalue weighted by Crippen LogP contribution is 2.28. The average molecular weight is 369 g/mol. The first-order valence-corrected chi connectivity index (χ1v) is 9.02. The largest absolute Gasteiger partial charge is 0.497 e. The van der Waals surface area contributed by atoms with Crippen molar-refractivity contribution in [3.05, 3.63) is 65.2 Å². The normalized spacial score (nSPS) is 10.6. The Labute approximate surface area is 156 Å². The fourth-order valence-corrected chi connectivity index (χ4v) is 3.57. The first kappa shape index (κ1) is 18.0. The van der Waals surface area contributed by atoms with Gasteiger partial charge in [0.05, 0.1) is 18.4 Å². The Hall–Kier alpha value is -2.80. The number of methoxy groups -OCH3 is 1. The van der Waals surface area contributed by atoms with Crippen LogP contribution in [0.4, 0.5) is 5.69 Å². The van der Waals surface area contributed by atoms with Gasteiger partial charge in [0.15, 0.2) is 0 Å². The number of aromatic nitrogens is 2. The number of anilines is 1. The van der Waals surface area contributed by atoms with Crippen LogP contribution >= 0.6 is 11.8 Å². The Kier molecular flexibility index (Phi) is 5.58. The molecule has 26 heavy (non-hydrogen) atoms. The van der Waals surface area contributed by atoms with E-state index in [1.807, 2.05) is 32.0 Å². The second-order valence-electron chi connectivity index (χ2n) is 5.63. The molecule has 0 spiro atoms. The van der Waals surface area contributed by atoms with Gasteiger partial charge in [-0.1, -0.05) is 11.2 Å². The summed E-state index contributed by atoms with van der Waals surface area (Å²) in [6, 6.07) is 10.7. The molecule has 0 aliphatic carbocycles. The fraction of sp³-hybridized carbons (Fsp3) is 0.211. The van der Waals surface area contributed by atoms with Crippen molar-refractivity contribution in [1.82, 2.24) is 10.1 Å². The third-order valence-electron chi connectivity index (χ3n) is 3.88. The molecule has 0 bridgehead atoms. The van der Waals surface area contributed by atoms with Gasteiger partial charge in [-0.15, -0.1) is 11.8 Å². The van der Waals surface area contributed by atoms with Crippen LogP contribution in [-0.4, -0.2) is 23.2 Å². The first-order chi connectivity index (χ1) is 12.6. The highest BCUT2D eigenvalue weighted by Gasteiger charge is 2.16. The van der Waals surface area contributed by atoms with Crippen LogP contribution < -0.4 is 10.1 Å². The summed E-state index contributed by atoms with van der Waals surface area (Å²) in [7, 11) is 1.59. The highest BCUT2D eigenvalue weighted by atomic mass is 32.2. The number of rotatable bonds is 6. The van der Waals surface area contributed by atoms with E-state index in [1.54, 1.807) is 31.5 Å². The predicted octanol–water partition coefficient (Wildman–Crippen LogP) is 4.24. The molecule has 0 unspecified atom stereocenters. The van der Waals surface area contributed by atoms with Gasteiger partial charge >= 0.3 is 0 Å². The molecular formula is C19H19N3O3S. The maximum absolute atomic E-state index is 12.7. The van der Waals surface area contributed by atoms with E-state index < -0.39 is 0 Å². The van der Waals surface area contributed by atoms with Crippen LogP contribution in [0.1, 0.15) is 27.4 Å². The number of thioether (sulfide) groups is 1. The van der Waals surface area contributed by atoms with Gasteiger partial charge in [0.25, 0.3) is 5.91 Å². The standard InChI is InChI=1S/C19H19N3O3S/c1-12-17(13(2)25-22-12)11-26-19-16(8-5-9-20-19)18(23)21-14-6-4-7-15(10-14)24-3/h4-10H,11H2,1-3H3,(H,21,23). The lowest BCUT2D eigenvalue weighted by Gasteiger charge is -2.10. The smallest absolute Gasteiger partial charge is 0.258 e. The van der Waals surface area contributed by atoms with Crippen LogP contribution in [0, 0.1) is 13.8 Å². The van der Waals surface area contributed by atoms with Crippen molar-refractivity contribution < 1.29 is 14.1 Å². The zero-order valence-electron chi connectivity index (χ0n) is 14.8. The Morgan fingerprint density at radius 1 is 1.27 bits per heavy atom. The molecule has 6 nitrogen and oxygen atoms in total. The number of hydrogen-bond acceptors (Lipinski definition) is 6. The van der Waals surface area contributed by atoms with Crippen LogP contribution in [-0.2, 0) is 5.75 Å². The van der Waals surface area contributed by atoms with Gasteiger partial charge in [-0.25, -0.2) is 4.98 Å². The van der Waals surface area contributed by atoms with Gasteiger partial charge in [-0.2, -0.15) is 0 Å². The molecule has 0 saturated heterocycles. The molecule has 2 aromatic heterocycles. The minimum Gasteiger partial charge on any atom is -0.497 e. The molecule has 3 aromatic rings. The van der Waals surface area contributed by atoms with E-state index in [0.717, 1.165) is 17.0 Å². The summed E-state index contributed by atoms with van der Waals surface area (Å²) in [5, 5.41) is 7.50. The van der Waals surface area contributed by atoms with Crippen molar-refractivity contribution in [2.75, 3.05) is 12.4 Å². The van der Waals surface area contributed by atoms with Crippen molar-refractivity contribution in [3.8, 4) is 5.75 Å². The SMILES string of the molecule is COc1cccc(NC(=O)c2cccnc2SCc2c(C)noc2C)c1. The number of nitrogens with one attached hydrogen (secondary N) is 1. The third-order valence-corrected chi connectivity index (χ3v) is 4.91. The number of benzene rings is 1. The number of hydrogen-bond donors (Lipinski definition) is 1. The maximum Gasteiger partial charge on any atom is 0.258 e. The molecule has 0 saturated carbocycles. The van der Waals surface area contributed by atoms with E-state index in [9.17, 15) is 4.79 Å². The molecule has 0 fully saturated rings. The molecule has 1 amide bonds. The zero-order chi connectivity index (χ0) is 18.5. The lowest BCUT2D eigenvalue weighted by Crippen LogP contribution is -2.13. The van der Waals surface area contributed by atoms with Crippen LogP contribution in [0.5, 0.6) is 5.75 Å². The fourth-order valence-electron chi connectivity index (χ4n) is 2.43. The van der Waals surface area contributed by atoms with Crippen LogP contribution in [0.3, 0.4) is 0 Å². The molecule has 2 heterocycles. The minimum absolute atomic E-state index is 0.215. The van der Waals surface area contributed by atoms with Crippen molar-refractivity contribution in [1.29, 1.82) is 0 Å². The summed E-state index contributed by atoms with van der Waals surface area (Å²) in [4.78, 5) is 17.1. The lowest BCUT2D eigenvalue weighted by atomic mass is 10.2. The van der Waals surface area contributed by atoms with Crippen LogP contribution in [0.25, 0.3) is 0 Å². The minimum atomic E-state index is -0.215. The van der Waals surface area contributed by atoms with Gasteiger partial charge < -0.3 is 14.6 Å². The van der Waals surface area contributed by atoms with E-state index in [0.29, 0.717) is 27.8 Å². The van der Waals surface area contributed by atoms with Crippen LogP contribution in [0.2, 0.25) is 0 Å². The van der Waals surface area contributed by atoms with E-state index >= 15 is 0 Å². The molecule has 3 rings (SSSR count). The van der Waals surface area contributed by atoms with Gasteiger partial charge in [0.2, 0.25) is 0 Å². The summed E-state index contributed by atoms with van der Waals surface area (Å²) < 4.78 is 10.4. The molecule has 1 aromatic carbocycles. The van der Waals surface area contributed by atoms with Gasteiger partial charge in [0.1, 0.15) is 16.5 Å². The number of pyridine rings is 1. The summed E-state index contributed by atoms with van der Waals surface area (Å²) in [6.07, 6.45) is 1.68. The predicted molar refractivity (Wildman–Crippen MR) is 101 cm³/mol. The van der Waals surface area contributed by atoms with E-state index in [-0.39, 0.29) is 5.91 Å². The summed E-state index contributed by atoms with van der Waals surface area (Å²) in [5.41, 5.74) is 3.07. The maximum atomic E-state index is 12.7. The summed E-state index contributed by atoms with van der Waals surface area (Å²) in [6.45, 7) is 3.78. The topological polar surface area (TPSA) is 77.2 Å². The monoisotopic (exact) mass is 369 g/mol. The Morgan fingerprint density at radius 3 is 2.85 bits per heavy atom. The molecule has 134 valence electrons. The average Bonchev–Trinajstić information content (AvgIpc) is 2.98. The molecule has 0 aliphatic heterocycles.